The van der Waals surface area contributed by atoms with Gasteiger partial charge >= 0.3 is 0 Å². The van der Waals surface area contributed by atoms with Gasteiger partial charge in [0.2, 0.25) is 0 Å². The summed E-state index contributed by atoms with van der Waals surface area (Å²) in [6, 6.07) is 0.0884. The van der Waals surface area contributed by atoms with Gasteiger partial charge in [0.15, 0.2) is 11.7 Å². The average Bonchev–Trinajstić information content (AvgIpc) is 2.69. The fraction of sp³-hybridized carbons (Fsp3) is 0.636. The molecule has 0 amide bonds. The Hall–Kier alpha value is -1.48. The quantitative estimate of drug-likeness (QED) is 0.519. The SMILES string of the molecule is COc1nc(=N)c(C)cn1[C@@H]1O[C@H](CO)[C@@H](O)[C@H]1O. The molecule has 4 atom stereocenters. The highest BCUT2D eigenvalue weighted by atomic mass is 16.6. The lowest BCUT2D eigenvalue weighted by Crippen LogP contribution is -2.33. The van der Waals surface area contributed by atoms with E-state index in [9.17, 15) is 10.2 Å². The van der Waals surface area contributed by atoms with Gasteiger partial charge in [-0.1, -0.05) is 0 Å². The topological polar surface area (TPSA) is 121 Å². The summed E-state index contributed by atoms with van der Waals surface area (Å²) in [6.07, 6.45) is -2.65. The standard InChI is InChI=1S/C11H17N3O5/c1-5-3-14(11(18-2)13-9(5)12)10-8(17)7(16)6(4-15)19-10/h3,6-8,10,12,15-17H,4H2,1-2H3/t6-,7-,8-,10-/m1/s1. The molecule has 4 N–H and O–H groups in total. The molecular weight excluding hydrogens is 254 g/mol. The Morgan fingerprint density at radius 2 is 2.16 bits per heavy atom. The van der Waals surface area contributed by atoms with Crippen LogP contribution in [0.2, 0.25) is 0 Å². The highest BCUT2D eigenvalue weighted by Crippen LogP contribution is 2.31. The number of ether oxygens (including phenoxy) is 2. The largest absolute Gasteiger partial charge is 0.468 e. The van der Waals surface area contributed by atoms with Gasteiger partial charge in [-0.15, -0.1) is 0 Å². The Morgan fingerprint density at radius 3 is 2.68 bits per heavy atom. The minimum absolute atomic E-state index is 0.0554. The van der Waals surface area contributed by atoms with Gasteiger partial charge in [0.1, 0.15) is 18.3 Å². The number of hydrogen-bond donors (Lipinski definition) is 4. The lowest BCUT2D eigenvalue weighted by Gasteiger charge is -2.21. The Kier molecular flexibility index (Phi) is 3.85. The van der Waals surface area contributed by atoms with Gasteiger partial charge in [-0.25, -0.2) is 0 Å². The number of aryl methyl sites for hydroxylation is 1. The first-order chi connectivity index (χ1) is 8.99. The molecule has 8 nitrogen and oxygen atoms in total. The lowest BCUT2D eigenvalue weighted by molar-refractivity contribution is -0.0565. The minimum atomic E-state index is -1.21. The second-order valence-corrected chi connectivity index (χ2v) is 4.40. The van der Waals surface area contributed by atoms with Crippen LogP contribution in [0.15, 0.2) is 6.20 Å². The summed E-state index contributed by atoms with van der Waals surface area (Å²) in [6.45, 7) is 1.28. The van der Waals surface area contributed by atoms with E-state index < -0.39 is 31.1 Å². The molecule has 0 aliphatic carbocycles. The number of aliphatic hydroxyl groups is 3. The first-order valence-electron chi connectivity index (χ1n) is 5.80. The summed E-state index contributed by atoms with van der Waals surface area (Å²) in [7, 11) is 1.38. The summed E-state index contributed by atoms with van der Waals surface area (Å²) >= 11 is 0. The van der Waals surface area contributed by atoms with Crippen LogP contribution in [0.1, 0.15) is 11.8 Å². The van der Waals surface area contributed by atoms with Crippen LogP contribution in [0, 0.1) is 12.3 Å². The zero-order valence-electron chi connectivity index (χ0n) is 10.6. The highest BCUT2D eigenvalue weighted by Gasteiger charge is 2.44. The third-order valence-corrected chi connectivity index (χ3v) is 3.11. The van der Waals surface area contributed by atoms with E-state index in [4.69, 9.17) is 20.0 Å². The van der Waals surface area contributed by atoms with Crippen molar-refractivity contribution in [3.05, 3.63) is 17.2 Å². The van der Waals surface area contributed by atoms with Crippen molar-refractivity contribution in [2.24, 2.45) is 0 Å². The molecular formula is C11H17N3O5. The fourth-order valence-electron chi connectivity index (χ4n) is 2.01. The van der Waals surface area contributed by atoms with Gasteiger partial charge < -0.3 is 24.8 Å². The molecule has 0 aromatic carbocycles. The van der Waals surface area contributed by atoms with E-state index in [1.54, 1.807) is 13.1 Å². The van der Waals surface area contributed by atoms with Crippen molar-refractivity contribution in [2.45, 2.75) is 31.5 Å². The predicted octanol–water partition coefficient (Wildman–Crippen LogP) is -1.71. The van der Waals surface area contributed by atoms with E-state index >= 15 is 0 Å². The van der Waals surface area contributed by atoms with E-state index in [0.717, 1.165) is 0 Å². The first kappa shape index (κ1) is 13.9. The second-order valence-electron chi connectivity index (χ2n) is 4.40. The monoisotopic (exact) mass is 271 g/mol. The molecule has 0 unspecified atom stereocenters. The van der Waals surface area contributed by atoms with Crippen LogP contribution in [0.5, 0.6) is 6.01 Å². The zero-order chi connectivity index (χ0) is 14.2. The van der Waals surface area contributed by atoms with Crippen molar-refractivity contribution in [3.63, 3.8) is 0 Å². The zero-order valence-corrected chi connectivity index (χ0v) is 10.6. The van der Waals surface area contributed by atoms with Crippen LogP contribution in [-0.2, 0) is 4.74 Å². The number of aliphatic hydroxyl groups excluding tert-OH is 3. The molecule has 0 saturated carbocycles. The number of methoxy groups -OCH3 is 1. The Labute approximate surface area is 109 Å². The second kappa shape index (κ2) is 5.25. The van der Waals surface area contributed by atoms with Crippen molar-refractivity contribution in [2.75, 3.05) is 13.7 Å². The van der Waals surface area contributed by atoms with Gasteiger partial charge in [-0.05, 0) is 6.92 Å². The number of nitrogens with one attached hydrogen (secondary N) is 1. The molecule has 1 fully saturated rings. The maximum absolute atomic E-state index is 9.96. The van der Waals surface area contributed by atoms with Crippen molar-refractivity contribution >= 4 is 0 Å². The van der Waals surface area contributed by atoms with Crippen molar-refractivity contribution in [1.29, 1.82) is 5.41 Å². The van der Waals surface area contributed by atoms with Crippen molar-refractivity contribution < 1.29 is 24.8 Å². The number of nitrogens with zero attached hydrogens (tertiary/aromatic N) is 2. The van der Waals surface area contributed by atoms with Gasteiger partial charge in [-0.3, -0.25) is 9.98 Å². The van der Waals surface area contributed by atoms with Gasteiger partial charge in [0.05, 0.1) is 13.7 Å². The van der Waals surface area contributed by atoms with E-state index in [2.05, 4.69) is 4.98 Å². The van der Waals surface area contributed by atoms with E-state index in [1.807, 2.05) is 0 Å². The van der Waals surface area contributed by atoms with Crippen LogP contribution in [0.4, 0.5) is 0 Å². The predicted molar refractivity (Wildman–Crippen MR) is 62.4 cm³/mol. The van der Waals surface area contributed by atoms with Crippen LogP contribution >= 0.6 is 0 Å². The Morgan fingerprint density at radius 1 is 1.47 bits per heavy atom. The van der Waals surface area contributed by atoms with Crippen molar-refractivity contribution in [3.8, 4) is 6.01 Å². The maximum atomic E-state index is 9.96. The molecule has 2 heterocycles. The maximum Gasteiger partial charge on any atom is 0.300 e. The third kappa shape index (κ3) is 2.35. The summed E-state index contributed by atoms with van der Waals surface area (Å²) in [5.74, 6) is 0. The highest BCUT2D eigenvalue weighted by molar-refractivity contribution is 5.09. The fourth-order valence-corrected chi connectivity index (χ4v) is 2.01. The lowest BCUT2D eigenvalue weighted by atomic mass is 10.1. The third-order valence-electron chi connectivity index (χ3n) is 3.11. The van der Waals surface area contributed by atoms with Crippen LogP contribution in [0.3, 0.4) is 0 Å². The molecule has 1 saturated heterocycles. The van der Waals surface area contributed by atoms with Gasteiger partial charge in [0.25, 0.3) is 6.01 Å². The molecule has 1 aliphatic rings. The molecule has 1 aromatic rings. The van der Waals surface area contributed by atoms with E-state index in [1.165, 1.54) is 11.7 Å². The minimum Gasteiger partial charge on any atom is -0.468 e. The molecule has 1 aromatic heterocycles. The molecule has 0 radical (unpaired) electrons. The van der Waals surface area contributed by atoms with Gasteiger partial charge in [-0.2, -0.15) is 4.98 Å². The van der Waals surface area contributed by atoms with Crippen LogP contribution < -0.4 is 10.2 Å². The summed E-state index contributed by atoms with van der Waals surface area (Å²) < 4.78 is 11.8. The first-order valence-corrected chi connectivity index (χ1v) is 5.80. The molecule has 19 heavy (non-hydrogen) atoms. The molecule has 2 rings (SSSR count). The molecule has 8 heteroatoms. The molecule has 106 valence electrons. The number of aromatic nitrogens is 2. The summed E-state index contributed by atoms with van der Waals surface area (Å²) in [4.78, 5) is 3.92. The van der Waals surface area contributed by atoms with E-state index in [-0.39, 0.29) is 11.5 Å². The summed E-state index contributed by atoms with van der Waals surface area (Å²) in [5.41, 5.74) is 0.624. The van der Waals surface area contributed by atoms with Crippen molar-refractivity contribution in [1.82, 2.24) is 9.55 Å². The number of rotatable bonds is 3. The molecule has 0 bridgehead atoms. The number of hydrogen-bond acceptors (Lipinski definition) is 7. The molecule has 0 spiro atoms. The Bertz CT molecular complexity index is 518. The van der Waals surface area contributed by atoms with Crippen LogP contribution in [-0.4, -0.2) is 56.9 Å². The Balaban J connectivity index is 2.42. The average molecular weight is 271 g/mol. The summed E-state index contributed by atoms with van der Waals surface area (Å²) in [5, 5.41) is 36.3. The molecule has 1 aliphatic heterocycles. The smallest absolute Gasteiger partial charge is 0.300 e. The van der Waals surface area contributed by atoms with Gasteiger partial charge in [0, 0.05) is 11.8 Å². The van der Waals surface area contributed by atoms with E-state index in [0.29, 0.717) is 5.56 Å². The normalized spacial score (nSPS) is 30.6. The van der Waals surface area contributed by atoms with Crippen LogP contribution in [0.25, 0.3) is 0 Å².